The van der Waals surface area contributed by atoms with Crippen molar-refractivity contribution in [1.29, 1.82) is 5.41 Å². The molecule has 0 aliphatic carbocycles. The molecule has 0 spiro atoms. The van der Waals surface area contributed by atoms with Gasteiger partial charge in [0.15, 0.2) is 0 Å². The van der Waals surface area contributed by atoms with Crippen LogP contribution in [0, 0.1) is 11.2 Å². The summed E-state index contributed by atoms with van der Waals surface area (Å²) in [5.74, 6) is -0.898. The van der Waals surface area contributed by atoms with Crippen molar-refractivity contribution in [2.75, 3.05) is 31.2 Å². The number of carbonyl (C=O) groups excluding carboxylic acids is 1. The van der Waals surface area contributed by atoms with Gasteiger partial charge in [0.25, 0.3) is 0 Å². The highest BCUT2D eigenvalue weighted by molar-refractivity contribution is 5.94. The fourth-order valence-electron chi connectivity index (χ4n) is 2.67. The Bertz CT molecular complexity index is 828. The lowest BCUT2D eigenvalue weighted by atomic mass is 10.1. The van der Waals surface area contributed by atoms with Crippen molar-refractivity contribution < 1.29 is 18.7 Å². The van der Waals surface area contributed by atoms with E-state index >= 15 is 0 Å². The van der Waals surface area contributed by atoms with Gasteiger partial charge in [-0.1, -0.05) is 18.2 Å². The van der Waals surface area contributed by atoms with E-state index in [-0.39, 0.29) is 36.8 Å². The monoisotopic (exact) mass is 409 g/mol. The lowest BCUT2D eigenvalue weighted by Gasteiger charge is -2.26. The predicted octanol–water partition coefficient (Wildman–Crippen LogP) is 1.91. The van der Waals surface area contributed by atoms with Crippen molar-refractivity contribution in [3.05, 3.63) is 42.0 Å². The Morgan fingerprint density at radius 2 is 1.96 bits per heavy atom. The highest BCUT2D eigenvalue weighted by Gasteiger charge is 2.16. The summed E-state index contributed by atoms with van der Waals surface area (Å²) < 4.78 is 25.0. The number of anilines is 1. The molecule has 8 nitrogen and oxygen atoms in total. The van der Waals surface area contributed by atoms with E-state index in [0.29, 0.717) is 30.3 Å². The highest BCUT2D eigenvalue weighted by atomic mass is 35.5. The molecule has 3 N–H and O–H groups in total. The maximum Gasteiger partial charge on any atom is 0.313 e. The smallest absolute Gasteiger partial charge is 0.313 e. The molecule has 1 aromatic heterocycles. The Kier molecular flexibility index (Phi) is 7.65. The van der Waals surface area contributed by atoms with Gasteiger partial charge in [0.05, 0.1) is 13.2 Å². The molecule has 150 valence electrons. The molecule has 0 amide bonds. The quantitative estimate of drug-likeness (QED) is 0.425. The summed E-state index contributed by atoms with van der Waals surface area (Å²) in [5, 5.41) is 7.07. The number of hydrogen-bond donors (Lipinski definition) is 2. The van der Waals surface area contributed by atoms with Crippen LogP contribution in [-0.2, 0) is 20.9 Å². The highest BCUT2D eigenvalue weighted by Crippen LogP contribution is 2.25. The third kappa shape index (κ3) is 5.37. The van der Waals surface area contributed by atoms with Crippen molar-refractivity contribution in [3.8, 4) is 11.1 Å². The van der Waals surface area contributed by atoms with Gasteiger partial charge in [0.2, 0.25) is 5.95 Å². The molecule has 0 saturated carbocycles. The topological polar surface area (TPSA) is 114 Å². The van der Waals surface area contributed by atoms with Gasteiger partial charge in [0, 0.05) is 42.2 Å². The Morgan fingerprint density at radius 3 is 2.61 bits per heavy atom. The van der Waals surface area contributed by atoms with Crippen LogP contribution in [0.25, 0.3) is 11.1 Å². The molecular formula is C18H21ClFN5O3. The summed E-state index contributed by atoms with van der Waals surface area (Å²) in [6.07, 6.45) is 2.82. The number of halogens is 2. The van der Waals surface area contributed by atoms with Crippen LogP contribution in [-0.4, -0.2) is 48.1 Å². The van der Waals surface area contributed by atoms with E-state index in [4.69, 9.17) is 20.6 Å². The number of rotatable bonds is 6. The van der Waals surface area contributed by atoms with E-state index in [9.17, 15) is 9.18 Å². The van der Waals surface area contributed by atoms with Gasteiger partial charge in [-0.15, -0.1) is 12.4 Å². The zero-order valence-electron chi connectivity index (χ0n) is 15.1. The molecule has 1 aromatic carbocycles. The number of morpholine rings is 1. The summed E-state index contributed by atoms with van der Waals surface area (Å²) in [6.45, 7) is 2.45. The molecule has 10 heteroatoms. The lowest BCUT2D eigenvalue weighted by molar-refractivity contribution is -0.143. The Balaban J connectivity index is 0.00000280. The molecule has 0 unspecified atom stereocenters. The molecule has 2 heterocycles. The third-order valence-corrected chi connectivity index (χ3v) is 4.05. The first-order valence-electron chi connectivity index (χ1n) is 8.45. The largest absolute Gasteiger partial charge is 0.460 e. The zero-order valence-corrected chi connectivity index (χ0v) is 15.9. The predicted molar refractivity (Wildman–Crippen MR) is 104 cm³/mol. The minimum atomic E-state index is -0.675. The van der Waals surface area contributed by atoms with Crippen LogP contribution in [0.5, 0.6) is 0 Å². The summed E-state index contributed by atoms with van der Waals surface area (Å²) in [5.41, 5.74) is 6.22. The number of carbonyl (C=O) groups is 1. The minimum Gasteiger partial charge on any atom is -0.460 e. The molecule has 3 rings (SSSR count). The molecule has 0 bridgehead atoms. The number of ether oxygens (including phenoxy) is 2. The molecular weight excluding hydrogens is 389 g/mol. The summed E-state index contributed by atoms with van der Waals surface area (Å²) in [6, 6.07) is 4.81. The van der Waals surface area contributed by atoms with Crippen molar-refractivity contribution in [2.45, 2.75) is 13.0 Å². The second-order valence-corrected chi connectivity index (χ2v) is 6.01. The first-order valence-corrected chi connectivity index (χ1v) is 8.45. The number of nitrogens with one attached hydrogen (secondary N) is 1. The fourth-order valence-corrected chi connectivity index (χ4v) is 2.67. The van der Waals surface area contributed by atoms with Gasteiger partial charge in [-0.3, -0.25) is 10.2 Å². The van der Waals surface area contributed by atoms with Gasteiger partial charge in [-0.2, -0.15) is 0 Å². The molecule has 28 heavy (non-hydrogen) atoms. The second-order valence-electron chi connectivity index (χ2n) is 6.01. The van der Waals surface area contributed by atoms with Crippen molar-refractivity contribution in [3.63, 3.8) is 0 Å². The summed E-state index contributed by atoms with van der Waals surface area (Å²) >= 11 is 0. The van der Waals surface area contributed by atoms with Gasteiger partial charge in [-0.25, -0.2) is 14.4 Å². The van der Waals surface area contributed by atoms with Crippen LogP contribution in [0.3, 0.4) is 0 Å². The number of nitrogens with two attached hydrogens (primary N) is 1. The van der Waals surface area contributed by atoms with Crippen molar-refractivity contribution in [2.24, 2.45) is 5.73 Å². The standard InChI is InChI=1S/C18H20FN5O3.ClH/c19-17-12(11-27-16(25)8-15(20)21)2-1-3-14(17)13-9-22-18(23-10-13)24-4-6-26-7-5-24;/h1-3,9-10H,4-8,11H2,(H3,20,21);1H. The second kappa shape index (κ2) is 9.95. The van der Waals surface area contributed by atoms with Crippen LogP contribution in [0.2, 0.25) is 0 Å². The fraction of sp³-hybridized carbons (Fsp3) is 0.333. The maximum absolute atomic E-state index is 14.8. The van der Waals surface area contributed by atoms with Gasteiger partial charge in [0.1, 0.15) is 24.7 Å². The summed E-state index contributed by atoms with van der Waals surface area (Å²) in [7, 11) is 0. The average molecular weight is 410 g/mol. The minimum absolute atomic E-state index is 0. The van der Waals surface area contributed by atoms with Crippen LogP contribution < -0.4 is 10.6 Å². The van der Waals surface area contributed by atoms with Gasteiger partial charge < -0.3 is 20.1 Å². The first-order chi connectivity index (χ1) is 13.0. The molecule has 1 aliphatic heterocycles. The van der Waals surface area contributed by atoms with Crippen LogP contribution in [0.4, 0.5) is 10.3 Å². The average Bonchev–Trinajstić information content (AvgIpc) is 2.67. The number of esters is 1. The lowest BCUT2D eigenvalue weighted by Crippen LogP contribution is -2.37. The van der Waals surface area contributed by atoms with Crippen molar-refractivity contribution in [1.82, 2.24) is 9.97 Å². The number of hydrogen-bond acceptors (Lipinski definition) is 7. The van der Waals surface area contributed by atoms with E-state index in [1.165, 1.54) is 6.07 Å². The molecule has 1 saturated heterocycles. The SMILES string of the molecule is Cl.N=C(N)CC(=O)OCc1cccc(-c2cnc(N3CCOCC3)nc2)c1F. The van der Waals surface area contributed by atoms with E-state index in [0.717, 1.165) is 13.1 Å². The van der Waals surface area contributed by atoms with Crippen LogP contribution in [0.15, 0.2) is 30.6 Å². The Morgan fingerprint density at radius 1 is 1.29 bits per heavy atom. The van der Waals surface area contributed by atoms with E-state index in [1.54, 1.807) is 24.5 Å². The van der Waals surface area contributed by atoms with E-state index in [1.807, 2.05) is 4.90 Å². The zero-order chi connectivity index (χ0) is 19.2. The van der Waals surface area contributed by atoms with E-state index in [2.05, 4.69) is 9.97 Å². The third-order valence-electron chi connectivity index (χ3n) is 4.05. The number of amidine groups is 1. The van der Waals surface area contributed by atoms with Crippen molar-refractivity contribution >= 4 is 30.2 Å². The van der Waals surface area contributed by atoms with Crippen LogP contribution >= 0.6 is 12.4 Å². The molecule has 1 fully saturated rings. The normalized spacial score (nSPS) is 13.5. The number of aromatic nitrogens is 2. The number of benzene rings is 1. The van der Waals surface area contributed by atoms with Gasteiger partial charge in [-0.05, 0) is 0 Å². The summed E-state index contributed by atoms with van der Waals surface area (Å²) in [4.78, 5) is 22.1. The molecule has 0 atom stereocenters. The van der Waals surface area contributed by atoms with E-state index < -0.39 is 11.8 Å². The molecule has 1 aliphatic rings. The first kappa shape index (κ1) is 21.5. The molecule has 0 radical (unpaired) electrons. The molecule has 2 aromatic rings. The maximum atomic E-state index is 14.8. The van der Waals surface area contributed by atoms with Gasteiger partial charge >= 0.3 is 5.97 Å². The number of nitrogens with zero attached hydrogens (tertiary/aromatic N) is 3. The Hall–Kier alpha value is -2.78. The van der Waals surface area contributed by atoms with Crippen LogP contribution in [0.1, 0.15) is 12.0 Å². The Labute approximate surface area is 167 Å².